The Morgan fingerprint density at radius 2 is 2.40 bits per heavy atom. The van der Waals surface area contributed by atoms with Crippen LogP contribution in [0, 0.1) is 5.92 Å². The number of amides is 1. The Kier molecular flexibility index (Phi) is 3.34. The molecule has 0 saturated heterocycles. The molecule has 20 heavy (non-hydrogen) atoms. The van der Waals surface area contributed by atoms with Gasteiger partial charge in [0.1, 0.15) is 18.1 Å². The van der Waals surface area contributed by atoms with E-state index in [1.165, 1.54) is 0 Å². The molecule has 2 aromatic heterocycles. The van der Waals surface area contributed by atoms with Gasteiger partial charge in [0.15, 0.2) is 0 Å². The van der Waals surface area contributed by atoms with E-state index >= 15 is 0 Å². The molecule has 1 atom stereocenters. The van der Waals surface area contributed by atoms with E-state index in [9.17, 15) is 4.79 Å². The van der Waals surface area contributed by atoms with Crippen LogP contribution in [0.15, 0.2) is 29.0 Å². The molecule has 0 fully saturated rings. The number of nitrogens with zero attached hydrogens (tertiary/aromatic N) is 2. The van der Waals surface area contributed by atoms with Crippen molar-refractivity contribution in [1.29, 1.82) is 0 Å². The second-order valence-electron chi connectivity index (χ2n) is 5.76. The molecule has 1 aliphatic heterocycles. The van der Waals surface area contributed by atoms with Crippen LogP contribution in [-0.2, 0) is 11.3 Å². The summed E-state index contributed by atoms with van der Waals surface area (Å²) < 4.78 is 7.15. The summed E-state index contributed by atoms with van der Waals surface area (Å²) >= 11 is 0. The number of hydrogen-bond acceptors (Lipinski definition) is 3. The van der Waals surface area contributed by atoms with Crippen molar-refractivity contribution in [3.05, 3.63) is 35.9 Å². The SMILES string of the molecule is CC(C)C[C@@H]1CC(=O)Nc2c1cnn2Cc1ccco1. The van der Waals surface area contributed by atoms with Crippen molar-refractivity contribution in [3.8, 4) is 0 Å². The van der Waals surface area contributed by atoms with E-state index in [2.05, 4.69) is 24.3 Å². The van der Waals surface area contributed by atoms with E-state index in [1.807, 2.05) is 18.3 Å². The maximum absolute atomic E-state index is 11.9. The summed E-state index contributed by atoms with van der Waals surface area (Å²) in [6.45, 7) is 4.90. The summed E-state index contributed by atoms with van der Waals surface area (Å²) in [5, 5.41) is 7.35. The normalized spacial score (nSPS) is 18.1. The van der Waals surface area contributed by atoms with Crippen LogP contribution in [0.4, 0.5) is 5.82 Å². The predicted octanol–water partition coefficient (Wildman–Crippen LogP) is 3.00. The molecule has 0 aromatic carbocycles. The molecule has 1 N–H and O–H groups in total. The lowest BCUT2D eigenvalue weighted by Crippen LogP contribution is -2.25. The number of carbonyl (C=O) groups excluding carboxylic acids is 1. The van der Waals surface area contributed by atoms with Gasteiger partial charge in [-0.1, -0.05) is 13.8 Å². The summed E-state index contributed by atoms with van der Waals surface area (Å²) in [6, 6.07) is 3.76. The quantitative estimate of drug-likeness (QED) is 0.931. The third-order valence-corrected chi connectivity index (χ3v) is 3.64. The van der Waals surface area contributed by atoms with E-state index in [-0.39, 0.29) is 11.8 Å². The van der Waals surface area contributed by atoms with Gasteiger partial charge in [-0.25, -0.2) is 4.68 Å². The van der Waals surface area contributed by atoms with Crippen molar-refractivity contribution in [2.75, 3.05) is 5.32 Å². The Morgan fingerprint density at radius 1 is 1.55 bits per heavy atom. The average molecular weight is 273 g/mol. The molecule has 0 unspecified atom stereocenters. The van der Waals surface area contributed by atoms with Gasteiger partial charge >= 0.3 is 0 Å². The van der Waals surface area contributed by atoms with Crippen molar-refractivity contribution < 1.29 is 9.21 Å². The molecule has 5 nitrogen and oxygen atoms in total. The number of rotatable bonds is 4. The van der Waals surface area contributed by atoms with Crippen LogP contribution in [0.3, 0.4) is 0 Å². The number of hydrogen-bond donors (Lipinski definition) is 1. The van der Waals surface area contributed by atoms with Gasteiger partial charge in [-0.3, -0.25) is 4.79 Å². The zero-order chi connectivity index (χ0) is 14.1. The van der Waals surface area contributed by atoms with Crippen LogP contribution in [0.5, 0.6) is 0 Å². The monoisotopic (exact) mass is 273 g/mol. The van der Waals surface area contributed by atoms with Gasteiger partial charge in [-0.2, -0.15) is 5.10 Å². The van der Waals surface area contributed by atoms with Gasteiger partial charge in [0.2, 0.25) is 5.91 Å². The van der Waals surface area contributed by atoms with Crippen LogP contribution >= 0.6 is 0 Å². The smallest absolute Gasteiger partial charge is 0.226 e. The molecule has 0 spiro atoms. The second-order valence-corrected chi connectivity index (χ2v) is 5.76. The summed E-state index contributed by atoms with van der Waals surface area (Å²) in [7, 11) is 0. The molecule has 0 aliphatic carbocycles. The molecule has 3 rings (SSSR count). The summed E-state index contributed by atoms with van der Waals surface area (Å²) in [5.41, 5.74) is 1.14. The highest BCUT2D eigenvalue weighted by Gasteiger charge is 2.29. The van der Waals surface area contributed by atoms with Crippen molar-refractivity contribution in [2.45, 2.75) is 39.2 Å². The van der Waals surface area contributed by atoms with E-state index in [1.54, 1.807) is 10.9 Å². The van der Waals surface area contributed by atoms with Crippen molar-refractivity contribution in [3.63, 3.8) is 0 Å². The third kappa shape index (κ3) is 2.48. The molecule has 2 aromatic rings. The molecule has 1 aliphatic rings. The lowest BCUT2D eigenvalue weighted by molar-refractivity contribution is -0.117. The fourth-order valence-electron chi connectivity index (χ4n) is 2.80. The van der Waals surface area contributed by atoms with Crippen molar-refractivity contribution in [2.24, 2.45) is 5.92 Å². The summed E-state index contributed by atoms with van der Waals surface area (Å²) in [4.78, 5) is 11.9. The number of furan rings is 1. The Balaban J connectivity index is 1.89. The topological polar surface area (TPSA) is 60.1 Å². The third-order valence-electron chi connectivity index (χ3n) is 3.64. The zero-order valence-corrected chi connectivity index (χ0v) is 11.8. The minimum absolute atomic E-state index is 0.0735. The van der Waals surface area contributed by atoms with Gasteiger partial charge in [0.25, 0.3) is 0 Å². The predicted molar refractivity (Wildman–Crippen MR) is 75.5 cm³/mol. The van der Waals surface area contributed by atoms with Crippen LogP contribution < -0.4 is 5.32 Å². The molecule has 1 amide bonds. The fraction of sp³-hybridized carbons (Fsp3) is 0.467. The molecule has 5 heteroatoms. The van der Waals surface area contributed by atoms with Crippen molar-refractivity contribution >= 4 is 11.7 Å². The van der Waals surface area contributed by atoms with Crippen LogP contribution in [0.1, 0.15) is 43.9 Å². The standard InChI is InChI=1S/C15H19N3O2/c1-10(2)6-11-7-14(19)17-15-13(11)8-16-18(15)9-12-4-3-5-20-12/h3-5,8,10-11H,6-7,9H2,1-2H3,(H,17,19)/t11-/m1/s1. The fourth-order valence-corrected chi connectivity index (χ4v) is 2.80. The average Bonchev–Trinajstić information content (AvgIpc) is 3.00. The highest BCUT2D eigenvalue weighted by molar-refractivity contribution is 5.93. The Morgan fingerprint density at radius 3 is 3.10 bits per heavy atom. The van der Waals surface area contributed by atoms with Crippen molar-refractivity contribution in [1.82, 2.24) is 9.78 Å². The molecule has 0 saturated carbocycles. The first-order valence-electron chi connectivity index (χ1n) is 7.01. The first kappa shape index (κ1) is 13.0. The minimum Gasteiger partial charge on any atom is -0.467 e. The van der Waals surface area contributed by atoms with Crippen LogP contribution in [0.25, 0.3) is 0 Å². The second kappa shape index (κ2) is 5.15. The summed E-state index contributed by atoms with van der Waals surface area (Å²) in [6.07, 6.45) is 5.08. The summed E-state index contributed by atoms with van der Waals surface area (Å²) in [5.74, 6) is 2.56. The Bertz CT molecular complexity index is 599. The number of nitrogens with one attached hydrogen (secondary N) is 1. The zero-order valence-electron chi connectivity index (χ0n) is 11.8. The molecular formula is C15H19N3O2. The number of aromatic nitrogens is 2. The molecule has 3 heterocycles. The molecular weight excluding hydrogens is 254 g/mol. The maximum Gasteiger partial charge on any atom is 0.226 e. The maximum atomic E-state index is 11.9. The van der Waals surface area contributed by atoms with E-state index < -0.39 is 0 Å². The van der Waals surface area contributed by atoms with Gasteiger partial charge in [0, 0.05) is 12.0 Å². The van der Waals surface area contributed by atoms with Gasteiger partial charge in [-0.15, -0.1) is 0 Å². The highest BCUT2D eigenvalue weighted by Crippen LogP contribution is 2.36. The Hall–Kier alpha value is -2.04. The van der Waals surface area contributed by atoms with E-state index in [0.717, 1.165) is 23.6 Å². The highest BCUT2D eigenvalue weighted by atomic mass is 16.3. The minimum atomic E-state index is 0.0735. The lowest BCUT2D eigenvalue weighted by Gasteiger charge is -2.24. The van der Waals surface area contributed by atoms with E-state index in [0.29, 0.717) is 18.9 Å². The number of anilines is 1. The number of carbonyl (C=O) groups is 1. The van der Waals surface area contributed by atoms with Crippen LogP contribution in [-0.4, -0.2) is 15.7 Å². The van der Waals surface area contributed by atoms with Crippen LogP contribution in [0.2, 0.25) is 0 Å². The van der Waals surface area contributed by atoms with Gasteiger partial charge in [-0.05, 0) is 30.4 Å². The van der Waals surface area contributed by atoms with Gasteiger partial charge < -0.3 is 9.73 Å². The largest absolute Gasteiger partial charge is 0.467 e. The first-order chi connectivity index (χ1) is 9.63. The molecule has 106 valence electrons. The molecule has 0 radical (unpaired) electrons. The Labute approximate surface area is 118 Å². The molecule has 0 bridgehead atoms. The lowest BCUT2D eigenvalue weighted by atomic mass is 9.87. The van der Waals surface area contributed by atoms with Gasteiger partial charge in [0.05, 0.1) is 12.5 Å². The first-order valence-corrected chi connectivity index (χ1v) is 7.01. The number of fused-ring (bicyclic) bond motifs is 1. The van der Waals surface area contributed by atoms with E-state index in [4.69, 9.17) is 4.42 Å².